The summed E-state index contributed by atoms with van der Waals surface area (Å²) in [5.74, 6) is -1.17. The summed E-state index contributed by atoms with van der Waals surface area (Å²) in [7, 11) is 0. The largest absolute Gasteiger partial charge is 0.480 e. The number of carbonyl (C=O) groups is 2. The molecule has 0 bridgehead atoms. The van der Waals surface area contributed by atoms with Gasteiger partial charge in [0.15, 0.2) is 0 Å². The number of carboxylic acid groups (broad SMARTS) is 1. The highest BCUT2D eigenvalue weighted by Crippen LogP contribution is 1.99. The molecule has 0 radical (unpaired) electrons. The van der Waals surface area contributed by atoms with E-state index < -0.39 is 18.1 Å². The zero-order valence-electron chi connectivity index (χ0n) is 9.83. The summed E-state index contributed by atoms with van der Waals surface area (Å²) in [4.78, 5) is 21.6. The zero-order valence-corrected chi connectivity index (χ0v) is 9.83. The Hall–Kier alpha value is -2.08. The molecule has 4 N–H and O–H groups in total. The van der Waals surface area contributed by atoms with Crippen molar-refractivity contribution in [3.05, 3.63) is 35.9 Å². The number of nitrogens with two attached hydrogens (primary N) is 1. The van der Waals surface area contributed by atoms with Crippen LogP contribution in [-0.4, -0.2) is 36.4 Å². The van der Waals surface area contributed by atoms with Gasteiger partial charge >= 0.3 is 12.1 Å². The summed E-state index contributed by atoms with van der Waals surface area (Å²) in [6.45, 7) is 0.0810. The number of rotatable bonds is 6. The number of carboxylic acids is 1. The number of aliphatic carboxylic acids is 1. The van der Waals surface area contributed by atoms with Crippen LogP contribution in [0.1, 0.15) is 5.56 Å². The molecule has 0 unspecified atom stereocenters. The lowest BCUT2D eigenvalue weighted by Crippen LogP contribution is -2.42. The molecule has 1 aromatic carbocycles. The van der Waals surface area contributed by atoms with Crippen LogP contribution >= 0.6 is 0 Å². The Bertz CT molecular complexity index is 394. The zero-order chi connectivity index (χ0) is 13.4. The minimum atomic E-state index is -1.17. The minimum Gasteiger partial charge on any atom is -0.480 e. The highest BCUT2D eigenvalue weighted by atomic mass is 16.5. The summed E-state index contributed by atoms with van der Waals surface area (Å²) < 4.78 is 4.88. The van der Waals surface area contributed by atoms with Crippen molar-refractivity contribution in [2.24, 2.45) is 5.73 Å². The molecular formula is C12H16N2O4. The SMILES string of the molecule is N[C@@H](CNC(=O)OCCc1ccccc1)C(=O)O. The summed E-state index contributed by atoms with van der Waals surface area (Å²) >= 11 is 0. The fourth-order valence-electron chi connectivity index (χ4n) is 1.24. The molecule has 6 heteroatoms. The number of amides is 1. The standard InChI is InChI=1S/C12H16N2O4/c13-10(11(15)16)8-14-12(17)18-7-6-9-4-2-1-3-5-9/h1-5,10H,6-8,13H2,(H,14,17)(H,15,16)/t10-/m0/s1. The first-order valence-corrected chi connectivity index (χ1v) is 5.52. The number of hydrogen-bond donors (Lipinski definition) is 3. The van der Waals surface area contributed by atoms with Gasteiger partial charge in [-0.3, -0.25) is 4.79 Å². The molecule has 0 spiro atoms. The van der Waals surface area contributed by atoms with Crippen LogP contribution in [0.4, 0.5) is 4.79 Å². The fourth-order valence-corrected chi connectivity index (χ4v) is 1.24. The molecule has 1 rings (SSSR count). The van der Waals surface area contributed by atoms with Gasteiger partial charge in [0.25, 0.3) is 0 Å². The second kappa shape index (κ2) is 7.29. The highest BCUT2D eigenvalue weighted by molar-refractivity contribution is 5.75. The van der Waals surface area contributed by atoms with Crippen LogP contribution in [0.5, 0.6) is 0 Å². The van der Waals surface area contributed by atoms with Gasteiger partial charge in [-0.25, -0.2) is 4.79 Å². The number of ether oxygens (including phenoxy) is 1. The van der Waals surface area contributed by atoms with E-state index in [0.717, 1.165) is 5.56 Å². The maximum Gasteiger partial charge on any atom is 0.407 e. The van der Waals surface area contributed by atoms with Crippen LogP contribution in [-0.2, 0) is 16.0 Å². The molecule has 0 aliphatic heterocycles. The van der Waals surface area contributed by atoms with Gasteiger partial charge in [-0.15, -0.1) is 0 Å². The molecule has 0 aliphatic carbocycles. The molecule has 1 atom stereocenters. The van der Waals surface area contributed by atoms with Gasteiger partial charge in [-0.1, -0.05) is 30.3 Å². The van der Waals surface area contributed by atoms with E-state index in [1.54, 1.807) is 0 Å². The number of benzene rings is 1. The van der Waals surface area contributed by atoms with Crippen LogP contribution in [0.15, 0.2) is 30.3 Å². The van der Waals surface area contributed by atoms with E-state index in [-0.39, 0.29) is 13.2 Å². The molecule has 0 aliphatic rings. The third-order valence-corrected chi connectivity index (χ3v) is 2.25. The Morgan fingerprint density at radius 2 is 2.00 bits per heavy atom. The first-order chi connectivity index (χ1) is 8.59. The van der Waals surface area contributed by atoms with Gasteiger partial charge in [-0.05, 0) is 5.56 Å². The second-order valence-corrected chi connectivity index (χ2v) is 3.70. The quantitative estimate of drug-likeness (QED) is 0.678. The molecule has 98 valence electrons. The van der Waals surface area contributed by atoms with E-state index in [2.05, 4.69) is 5.32 Å². The average molecular weight is 252 g/mol. The van der Waals surface area contributed by atoms with Crippen molar-refractivity contribution in [2.75, 3.05) is 13.2 Å². The van der Waals surface area contributed by atoms with E-state index in [4.69, 9.17) is 15.6 Å². The van der Waals surface area contributed by atoms with Crippen LogP contribution < -0.4 is 11.1 Å². The van der Waals surface area contributed by atoms with Crippen LogP contribution in [0.25, 0.3) is 0 Å². The summed E-state index contributed by atoms with van der Waals surface area (Å²) in [6, 6.07) is 8.46. The lowest BCUT2D eigenvalue weighted by atomic mass is 10.2. The predicted molar refractivity (Wildman–Crippen MR) is 65.1 cm³/mol. The normalized spacial score (nSPS) is 11.6. The molecular weight excluding hydrogens is 236 g/mol. The third kappa shape index (κ3) is 5.31. The maximum atomic E-state index is 11.2. The van der Waals surface area contributed by atoms with Crippen molar-refractivity contribution in [1.29, 1.82) is 0 Å². The monoisotopic (exact) mass is 252 g/mol. The Morgan fingerprint density at radius 3 is 2.61 bits per heavy atom. The minimum absolute atomic E-state index is 0.153. The molecule has 0 saturated carbocycles. The van der Waals surface area contributed by atoms with E-state index in [9.17, 15) is 9.59 Å². The van der Waals surface area contributed by atoms with Crippen molar-refractivity contribution >= 4 is 12.1 Å². The van der Waals surface area contributed by atoms with Crippen molar-refractivity contribution in [1.82, 2.24) is 5.32 Å². The van der Waals surface area contributed by atoms with Crippen LogP contribution in [0.3, 0.4) is 0 Å². The first-order valence-electron chi connectivity index (χ1n) is 5.52. The number of nitrogens with one attached hydrogen (secondary N) is 1. The van der Waals surface area contributed by atoms with Gasteiger partial charge in [0.1, 0.15) is 6.04 Å². The predicted octanol–water partition coefficient (Wildman–Crippen LogP) is 0.367. The van der Waals surface area contributed by atoms with Crippen molar-refractivity contribution < 1.29 is 19.4 Å². The Balaban J connectivity index is 2.16. The van der Waals surface area contributed by atoms with E-state index in [1.165, 1.54) is 0 Å². The van der Waals surface area contributed by atoms with Crippen LogP contribution in [0.2, 0.25) is 0 Å². The van der Waals surface area contributed by atoms with E-state index >= 15 is 0 Å². The van der Waals surface area contributed by atoms with Gasteiger partial charge in [0.2, 0.25) is 0 Å². The van der Waals surface area contributed by atoms with Crippen molar-refractivity contribution in [3.8, 4) is 0 Å². The topological polar surface area (TPSA) is 102 Å². The van der Waals surface area contributed by atoms with E-state index in [1.807, 2.05) is 30.3 Å². The number of hydrogen-bond acceptors (Lipinski definition) is 4. The molecule has 6 nitrogen and oxygen atoms in total. The lowest BCUT2D eigenvalue weighted by Gasteiger charge is -2.09. The molecule has 0 aromatic heterocycles. The smallest absolute Gasteiger partial charge is 0.407 e. The molecule has 0 heterocycles. The van der Waals surface area contributed by atoms with Gasteiger partial charge < -0.3 is 20.9 Å². The van der Waals surface area contributed by atoms with Gasteiger partial charge in [0, 0.05) is 13.0 Å². The Labute approximate surface area is 105 Å². The summed E-state index contributed by atoms with van der Waals surface area (Å²) in [5, 5.41) is 10.8. The average Bonchev–Trinajstić information content (AvgIpc) is 2.37. The van der Waals surface area contributed by atoms with Gasteiger partial charge in [-0.2, -0.15) is 0 Å². The van der Waals surface area contributed by atoms with Crippen molar-refractivity contribution in [3.63, 3.8) is 0 Å². The van der Waals surface area contributed by atoms with E-state index in [0.29, 0.717) is 6.42 Å². The first kappa shape index (κ1) is 14.0. The fraction of sp³-hybridized carbons (Fsp3) is 0.333. The highest BCUT2D eigenvalue weighted by Gasteiger charge is 2.12. The van der Waals surface area contributed by atoms with Gasteiger partial charge in [0.05, 0.1) is 6.61 Å². The molecule has 0 fully saturated rings. The second-order valence-electron chi connectivity index (χ2n) is 3.70. The molecule has 0 saturated heterocycles. The number of carbonyl (C=O) groups excluding carboxylic acids is 1. The molecule has 1 amide bonds. The maximum absolute atomic E-state index is 11.2. The lowest BCUT2D eigenvalue weighted by molar-refractivity contribution is -0.138. The Morgan fingerprint density at radius 1 is 1.33 bits per heavy atom. The van der Waals surface area contributed by atoms with Crippen LogP contribution in [0, 0.1) is 0 Å². The number of alkyl carbamates (subject to hydrolysis) is 1. The summed E-state index contributed by atoms with van der Waals surface area (Å²) in [6.07, 6.45) is -0.0539. The molecule has 18 heavy (non-hydrogen) atoms. The third-order valence-electron chi connectivity index (χ3n) is 2.25. The Kier molecular flexibility index (Phi) is 5.66. The van der Waals surface area contributed by atoms with Crippen molar-refractivity contribution in [2.45, 2.75) is 12.5 Å². The molecule has 1 aromatic rings. The summed E-state index contributed by atoms with van der Waals surface area (Å²) in [5.41, 5.74) is 6.28.